The zero-order valence-electron chi connectivity index (χ0n) is 8.19. The SMILES string of the molecule is CCOC(=O)c1nc2c(N)cccc2o1. The molecule has 0 aliphatic rings. The lowest BCUT2D eigenvalue weighted by Crippen LogP contribution is -2.04. The third-order valence-electron chi connectivity index (χ3n) is 1.90. The molecule has 5 nitrogen and oxygen atoms in total. The lowest BCUT2D eigenvalue weighted by Gasteiger charge is -1.94. The van der Waals surface area contributed by atoms with Crippen LogP contribution in [0.25, 0.3) is 11.1 Å². The van der Waals surface area contributed by atoms with E-state index in [1.807, 2.05) is 0 Å². The maximum absolute atomic E-state index is 11.3. The number of aromatic nitrogens is 1. The molecule has 2 rings (SSSR count). The number of carbonyl (C=O) groups is 1. The van der Waals surface area contributed by atoms with Crippen molar-refractivity contribution in [2.75, 3.05) is 12.3 Å². The highest BCUT2D eigenvalue weighted by Crippen LogP contribution is 2.21. The molecular weight excluding hydrogens is 196 g/mol. The van der Waals surface area contributed by atoms with Gasteiger partial charge in [-0.2, -0.15) is 0 Å². The fourth-order valence-corrected chi connectivity index (χ4v) is 1.25. The fraction of sp³-hybridized carbons (Fsp3) is 0.200. The van der Waals surface area contributed by atoms with E-state index in [1.165, 1.54) is 0 Å². The lowest BCUT2D eigenvalue weighted by molar-refractivity contribution is 0.0483. The molecule has 0 bridgehead atoms. The summed E-state index contributed by atoms with van der Waals surface area (Å²) in [6.45, 7) is 2.00. The molecule has 1 aromatic heterocycles. The van der Waals surface area contributed by atoms with E-state index >= 15 is 0 Å². The summed E-state index contributed by atoms with van der Waals surface area (Å²) < 4.78 is 9.96. The number of nitrogens with zero attached hydrogens (tertiary/aromatic N) is 1. The minimum absolute atomic E-state index is 0.0650. The summed E-state index contributed by atoms with van der Waals surface area (Å²) >= 11 is 0. The highest BCUT2D eigenvalue weighted by atomic mass is 16.5. The van der Waals surface area contributed by atoms with Gasteiger partial charge in [-0.05, 0) is 19.1 Å². The van der Waals surface area contributed by atoms with Crippen LogP contribution in [-0.2, 0) is 4.74 Å². The number of ether oxygens (including phenoxy) is 1. The van der Waals surface area contributed by atoms with Crippen LogP contribution < -0.4 is 5.73 Å². The quantitative estimate of drug-likeness (QED) is 0.596. The van der Waals surface area contributed by atoms with Gasteiger partial charge < -0.3 is 14.9 Å². The molecule has 2 aromatic rings. The van der Waals surface area contributed by atoms with Gasteiger partial charge in [-0.3, -0.25) is 0 Å². The first-order valence-corrected chi connectivity index (χ1v) is 4.54. The van der Waals surface area contributed by atoms with E-state index in [0.29, 0.717) is 16.8 Å². The molecule has 0 saturated heterocycles. The number of nitrogens with two attached hydrogens (primary N) is 1. The Morgan fingerprint density at radius 1 is 1.60 bits per heavy atom. The van der Waals surface area contributed by atoms with Crippen LogP contribution >= 0.6 is 0 Å². The van der Waals surface area contributed by atoms with E-state index < -0.39 is 5.97 Å². The van der Waals surface area contributed by atoms with Gasteiger partial charge >= 0.3 is 11.9 Å². The number of carbonyl (C=O) groups excluding carboxylic acids is 1. The Morgan fingerprint density at radius 2 is 2.40 bits per heavy atom. The van der Waals surface area contributed by atoms with E-state index in [1.54, 1.807) is 25.1 Å². The van der Waals surface area contributed by atoms with E-state index in [4.69, 9.17) is 14.9 Å². The standard InChI is InChI=1S/C10H10N2O3/c1-2-14-10(13)9-12-8-6(11)4-3-5-7(8)15-9/h3-5H,2,11H2,1H3. The number of esters is 1. The number of para-hydroxylation sites is 1. The Balaban J connectivity index is 2.47. The van der Waals surface area contributed by atoms with Crippen LogP contribution in [0, 0.1) is 0 Å². The Bertz CT molecular complexity index is 504. The third kappa shape index (κ3) is 1.63. The minimum atomic E-state index is -0.576. The molecule has 2 N–H and O–H groups in total. The number of benzene rings is 1. The molecule has 0 radical (unpaired) electrons. The molecule has 1 heterocycles. The molecule has 0 aliphatic heterocycles. The number of nitrogen functional groups attached to an aromatic ring is 1. The number of oxazole rings is 1. The Kier molecular flexibility index (Phi) is 2.29. The van der Waals surface area contributed by atoms with Gasteiger partial charge in [0.2, 0.25) is 0 Å². The monoisotopic (exact) mass is 206 g/mol. The van der Waals surface area contributed by atoms with Crippen molar-refractivity contribution < 1.29 is 13.9 Å². The van der Waals surface area contributed by atoms with Gasteiger partial charge in [0, 0.05) is 0 Å². The predicted octanol–water partition coefficient (Wildman–Crippen LogP) is 1.59. The highest BCUT2D eigenvalue weighted by Gasteiger charge is 2.16. The zero-order chi connectivity index (χ0) is 10.8. The van der Waals surface area contributed by atoms with Gasteiger partial charge in [0.25, 0.3) is 0 Å². The molecule has 0 amide bonds. The summed E-state index contributed by atoms with van der Waals surface area (Å²) in [4.78, 5) is 15.3. The van der Waals surface area contributed by atoms with Crippen LogP contribution in [0.15, 0.2) is 22.6 Å². The second-order valence-electron chi connectivity index (χ2n) is 2.93. The number of hydrogen-bond acceptors (Lipinski definition) is 5. The summed E-state index contributed by atoms with van der Waals surface area (Å²) in [5.74, 6) is -0.641. The van der Waals surface area contributed by atoms with Gasteiger partial charge in [0.15, 0.2) is 5.58 Å². The van der Waals surface area contributed by atoms with Gasteiger partial charge in [-0.1, -0.05) is 6.07 Å². The minimum Gasteiger partial charge on any atom is -0.459 e. The van der Waals surface area contributed by atoms with Crippen LogP contribution in [0.3, 0.4) is 0 Å². The molecule has 1 aromatic carbocycles. The van der Waals surface area contributed by atoms with E-state index in [2.05, 4.69) is 4.98 Å². The van der Waals surface area contributed by atoms with Crippen molar-refractivity contribution in [2.24, 2.45) is 0 Å². The topological polar surface area (TPSA) is 78.3 Å². The van der Waals surface area contributed by atoms with Crippen molar-refractivity contribution in [3.05, 3.63) is 24.1 Å². The molecule has 0 aliphatic carbocycles. The van der Waals surface area contributed by atoms with Gasteiger partial charge in [-0.25, -0.2) is 9.78 Å². The molecule has 0 atom stereocenters. The molecule has 0 saturated carbocycles. The first-order valence-electron chi connectivity index (χ1n) is 4.54. The van der Waals surface area contributed by atoms with Crippen molar-refractivity contribution in [2.45, 2.75) is 6.92 Å². The largest absolute Gasteiger partial charge is 0.459 e. The maximum Gasteiger partial charge on any atom is 0.394 e. The second kappa shape index (κ2) is 3.61. The Morgan fingerprint density at radius 3 is 3.07 bits per heavy atom. The van der Waals surface area contributed by atoms with Crippen LogP contribution in [0.5, 0.6) is 0 Å². The van der Waals surface area contributed by atoms with Crippen molar-refractivity contribution in [3.63, 3.8) is 0 Å². The lowest BCUT2D eigenvalue weighted by atomic mass is 10.3. The molecule has 78 valence electrons. The van der Waals surface area contributed by atoms with Crippen LogP contribution in [0.4, 0.5) is 5.69 Å². The molecule has 0 unspecified atom stereocenters. The molecule has 0 fully saturated rings. The van der Waals surface area contributed by atoms with E-state index in [9.17, 15) is 4.79 Å². The van der Waals surface area contributed by atoms with Crippen molar-refractivity contribution in [3.8, 4) is 0 Å². The number of rotatable bonds is 2. The third-order valence-corrected chi connectivity index (χ3v) is 1.90. The summed E-state index contributed by atoms with van der Waals surface area (Å²) in [6.07, 6.45) is 0. The zero-order valence-corrected chi connectivity index (χ0v) is 8.19. The molecule has 5 heteroatoms. The van der Waals surface area contributed by atoms with Crippen molar-refractivity contribution in [1.82, 2.24) is 4.98 Å². The molecule has 0 spiro atoms. The summed E-state index contributed by atoms with van der Waals surface area (Å²) in [7, 11) is 0. The van der Waals surface area contributed by atoms with E-state index in [0.717, 1.165) is 0 Å². The summed E-state index contributed by atoms with van der Waals surface area (Å²) in [6, 6.07) is 5.12. The average Bonchev–Trinajstić information content (AvgIpc) is 2.63. The van der Waals surface area contributed by atoms with Crippen LogP contribution in [-0.4, -0.2) is 17.6 Å². The molecule has 15 heavy (non-hydrogen) atoms. The number of anilines is 1. The fourth-order valence-electron chi connectivity index (χ4n) is 1.25. The maximum atomic E-state index is 11.3. The summed E-state index contributed by atoms with van der Waals surface area (Å²) in [5.41, 5.74) is 7.12. The molecular formula is C10H10N2O3. The normalized spacial score (nSPS) is 10.5. The second-order valence-corrected chi connectivity index (χ2v) is 2.93. The summed E-state index contributed by atoms with van der Waals surface area (Å²) in [5, 5.41) is 0. The predicted molar refractivity (Wildman–Crippen MR) is 54.4 cm³/mol. The number of hydrogen-bond donors (Lipinski definition) is 1. The van der Waals surface area contributed by atoms with Crippen molar-refractivity contribution in [1.29, 1.82) is 0 Å². The van der Waals surface area contributed by atoms with Crippen molar-refractivity contribution >= 4 is 22.8 Å². The van der Waals surface area contributed by atoms with Gasteiger partial charge in [-0.15, -0.1) is 0 Å². The smallest absolute Gasteiger partial charge is 0.394 e. The van der Waals surface area contributed by atoms with Gasteiger partial charge in [0.1, 0.15) is 5.52 Å². The van der Waals surface area contributed by atoms with Crippen LogP contribution in [0.2, 0.25) is 0 Å². The van der Waals surface area contributed by atoms with Gasteiger partial charge in [0.05, 0.1) is 12.3 Å². The van der Waals surface area contributed by atoms with E-state index in [-0.39, 0.29) is 12.5 Å². The first kappa shape index (κ1) is 9.51. The highest BCUT2D eigenvalue weighted by molar-refractivity contribution is 5.91. The Labute approximate surface area is 85.8 Å². The number of fused-ring (bicyclic) bond motifs is 1. The average molecular weight is 206 g/mol. The van der Waals surface area contributed by atoms with Crippen LogP contribution in [0.1, 0.15) is 17.6 Å². The first-order chi connectivity index (χ1) is 7.22. The Hall–Kier alpha value is -2.04.